The van der Waals surface area contributed by atoms with Gasteiger partial charge < -0.3 is 4.74 Å². The Labute approximate surface area is 130 Å². The highest BCUT2D eigenvalue weighted by Gasteiger charge is 2.30. The average Bonchev–Trinajstić information content (AvgIpc) is 2.72. The van der Waals surface area contributed by atoms with Crippen LogP contribution in [0.1, 0.15) is 67.2 Å². The molecule has 1 aliphatic carbocycles. The first kappa shape index (κ1) is 18.0. The van der Waals surface area contributed by atoms with E-state index in [1.165, 1.54) is 18.4 Å². The van der Waals surface area contributed by atoms with E-state index in [0.29, 0.717) is 11.8 Å². The Hall–Kier alpha value is -1.05. The van der Waals surface area contributed by atoms with Gasteiger partial charge in [0.2, 0.25) is 0 Å². The molecule has 0 spiro atoms. The van der Waals surface area contributed by atoms with Crippen LogP contribution < -0.4 is 0 Å². The van der Waals surface area contributed by atoms with Gasteiger partial charge in [0.25, 0.3) is 0 Å². The molecule has 0 fully saturated rings. The van der Waals surface area contributed by atoms with Crippen LogP contribution in [0, 0.1) is 17.8 Å². The van der Waals surface area contributed by atoms with Crippen molar-refractivity contribution in [3.05, 3.63) is 23.3 Å². The van der Waals surface area contributed by atoms with E-state index in [2.05, 4.69) is 27.4 Å². The molecule has 0 aliphatic heterocycles. The Bertz CT molecular complexity index is 417. The molecule has 1 rings (SSSR count). The molecule has 0 aromatic carbocycles. The number of esters is 1. The predicted molar refractivity (Wildman–Crippen MR) is 89.0 cm³/mol. The van der Waals surface area contributed by atoms with E-state index in [4.69, 9.17) is 4.74 Å². The lowest BCUT2D eigenvalue weighted by molar-refractivity contribution is -0.152. The average molecular weight is 292 g/mol. The molecule has 0 amide bonds. The number of carbonyl (C=O) groups is 1. The summed E-state index contributed by atoms with van der Waals surface area (Å²) in [5.41, 5.74) is 4.36. The second kappa shape index (κ2) is 7.82. The number of carbonyl (C=O) groups excluding carboxylic acids is 1. The molecule has 1 aliphatic rings. The van der Waals surface area contributed by atoms with Gasteiger partial charge in [-0.1, -0.05) is 44.1 Å². The topological polar surface area (TPSA) is 26.3 Å². The van der Waals surface area contributed by atoms with Crippen LogP contribution in [0.25, 0.3) is 0 Å². The van der Waals surface area contributed by atoms with Gasteiger partial charge in [0, 0.05) is 5.92 Å². The van der Waals surface area contributed by atoms with Crippen LogP contribution in [0.4, 0.5) is 0 Å². The first-order valence-corrected chi connectivity index (χ1v) is 8.33. The summed E-state index contributed by atoms with van der Waals surface area (Å²) in [5.74, 6) is 1.09. The monoisotopic (exact) mass is 292 g/mol. The lowest BCUT2D eigenvalue weighted by Gasteiger charge is -2.19. The van der Waals surface area contributed by atoms with Crippen molar-refractivity contribution in [2.75, 3.05) is 0 Å². The standard InChI is InChI=1S/C19H32O2/c1-8-16-11-18(12(2)3)17(15(16)7)10-9-14(6)21-19(20)13(4)5/h13-14,16,18H,2,8-11H2,1,3-7H3/t14-,16-,18+/m1/s1. The van der Waals surface area contributed by atoms with Gasteiger partial charge in [0.15, 0.2) is 0 Å². The minimum Gasteiger partial charge on any atom is -0.462 e. The summed E-state index contributed by atoms with van der Waals surface area (Å²) in [4.78, 5) is 11.6. The van der Waals surface area contributed by atoms with Crippen molar-refractivity contribution in [1.29, 1.82) is 0 Å². The van der Waals surface area contributed by atoms with Crippen LogP contribution in [0.15, 0.2) is 23.3 Å². The number of rotatable bonds is 7. The first-order chi connectivity index (χ1) is 9.77. The van der Waals surface area contributed by atoms with Gasteiger partial charge in [-0.2, -0.15) is 0 Å². The van der Waals surface area contributed by atoms with E-state index in [0.717, 1.165) is 12.8 Å². The highest BCUT2D eigenvalue weighted by atomic mass is 16.5. The third-order valence-electron chi connectivity index (χ3n) is 4.76. The molecule has 21 heavy (non-hydrogen) atoms. The zero-order valence-corrected chi connectivity index (χ0v) is 14.7. The minimum absolute atomic E-state index is 0.00773. The molecule has 0 radical (unpaired) electrons. The Balaban J connectivity index is 2.64. The van der Waals surface area contributed by atoms with Crippen LogP contribution in [0.5, 0.6) is 0 Å². The van der Waals surface area contributed by atoms with Crippen LogP contribution in [0.2, 0.25) is 0 Å². The Morgan fingerprint density at radius 2 is 2.00 bits per heavy atom. The van der Waals surface area contributed by atoms with E-state index in [9.17, 15) is 4.79 Å². The van der Waals surface area contributed by atoms with Crippen molar-refractivity contribution < 1.29 is 9.53 Å². The molecule has 0 saturated heterocycles. The van der Waals surface area contributed by atoms with Gasteiger partial charge in [-0.25, -0.2) is 0 Å². The van der Waals surface area contributed by atoms with Crippen molar-refractivity contribution in [3.63, 3.8) is 0 Å². The fourth-order valence-corrected chi connectivity index (χ4v) is 3.24. The maximum atomic E-state index is 11.6. The fourth-order valence-electron chi connectivity index (χ4n) is 3.24. The zero-order valence-electron chi connectivity index (χ0n) is 14.7. The Morgan fingerprint density at radius 1 is 1.38 bits per heavy atom. The van der Waals surface area contributed by atoms with Gasteiger partial charge in [-0.3, -0.25) is 4.79 Å². The molecule has 0 saturated carbocycles. The molecule has 0 heterocycles. The van der Waals surface area contributed by atoms with Crippen LogP contribution in [0.3, 0.4) is 0 Å². The number of ether oxygens (including phenoxy) is 1. The molecular formula is C19H32O2. The van der Waals surface area contributed by atoms with Crippen molar-refractivity contribution in [3.8, 4) is 0 Å². The summed E-state index contributed by atoms with van der Waals surface area (Å²) in [7, 11) is 0. The summed E-state index contributed by atoms with van der Waals surface area (Å²) in [6, 6.07) is 0. The third kappa shape index (κ3) is 4.72. The summed E-state index contributed by atoms with van der Waals surface area (Å²) in [5, 5.41) is 0. The summed E-state index contributed by atoms with van der Waals surface area (Å²) < 4.78 is 5.47. The first-order valence-electron chi connectivity index (χ1n) is 8.33. The van der Waals surface area contributed by atoms with E-state index < -0.39 is 0 Å². The lowest BCUT2D eigenvalue weighted by atomic mass is 9.90. The van der Waals surface area contributed by atoms with Crippen molar-refractivity contribution >= 4 is 5.97 Å². The lowest BCUT2D eigenvalue weighted by Crippen LogP contribution is -2.19. The molecule has 3 atom stereocenters. The highest BCUT2D eigenvalue weighted by molar-refractivity contribution is 5.71. The second-order valence-corrected chi connectivity index (χ2v) is 6.89. The quantitative estimate of drug-likeness (QED) is 0.470. The van der Waals surface area contributed by atoms with E-state index in [-0.39, 0.29) is 18.0 Å². The molecule has 2 nitrogen and oxygen atoms in total. The van der Waals surface area contributed by atoms with Gasteiger partial charge in [0.05, 0.1) is 12.0 Å². The highest BCUT2D eigenvalue weighted by Crippen LogP contribution is 2.43. The SMILES string of the molecule is C=C(C)[C@@H]1C[C@@H](CC)C(C)=C1CC[C@@H](C)OC(=O)C(C)C. The summed E-state index contributed by atoms with van der Waals surface area (Å²) in [6.45, 7) is 16.6. The van der Waals surface area contributed by atoms with Crippen molar-refractivity contribution in [1.82, 2.24) is 0 Å². The number of hydrogen-bond donors (Lipinski definition) is 0. The Kier molecular flexibility index (Phi) is 6.70. The minimum atomic E-state index is -0.0949. The summed E-state index contributed by atoms with van der Waals surface area (Å²) in [6.07, 6.45) is 4.34. The molecule has 0 unspecified atom stereocenters. The number of allylic oxidation sites excluding steroid dienone is 3. The van der Waals surface area contributed by atoms with Crippen molar-refractivity contribution in [2.45, 2.75) is 73.3 Å². The van der Waals surface area contributed by atoms with E-state index in [1.807, 2.05) is 20.8 Å². The molecule has 0 N–H and O–H groups in total. The van der Waals surface area contributed by atoms with Crippen LogP contribution in [-0.2, 0) is 9.53 Å². The van der Waals surface area contributed by atoms with Gasteiger partial charge >= 0.3 is 5.97 Å². The molecular weight excluding hydrogens is 260 g/mol. The van der Waals surface area contributed by atoms with Crippen LogP contribution in [-0.4, -0.2) is 12.1 Å². The van der Waals surface area contributed by atoms with Gasteiger partial charge in [-0.15, -0.1) is 0 Å². The van der Waals surface area contributed by atoms with Gasteiger partial charge in [-0.05, 0) is 52.4 Å². The molecule has 0 aromatic heterocycles. The maximum absolute atomic E-state index is 11.6. The normalized spacial score (nSPS) is 23.6. The van der Waals surface area contributed by atoms with E-state index >= 15 is 0 Å². The van der Waals surface area contributed by atoms with Crippen molar-refractivity contribution in [2.24, 2.45) is 17.8 Å². The predicted octanol–water partition coefficient (Wildman–Crippen LogP) is 5.29. The van der Waals surface area contributed by atoms with E-state index in [1.54, 1.807) is 11.1 Å². The zero-order chi connectivity index (χ0) is 16.2. The maximum Gasteiger partial charge on any atom is 0.308 e. The molecule has 2 heteroatoms. The van der Waals surface area contributed by atoms with Gasteiger partial charge in [0.1, 0.15) is 0 Å². The molecule has 0 aromatic rings. The van der Waals surface area contributed by atoms with Crippen LogP contribution >= 0.6 is 0 Å². The molecule has 120 valence electrons. The Morgan fingerprint density at radius 3 is 2.48 bits per heavy atom. The molecule has 0 bridgehead atoms. The largest absolute Gasteiger partial charge is 0.462 e. The smallest absolute Gasteiger partial charge is 0.308 e. The number of hydrogen-bond acceptors (Lipinski definition) is 2. The third-order valence-corrected chi connectivity index (χ3v) is 4.76. The second-order valence-electron chi connectivity index (χ2n) is 6.89. The fraction of sp³-hybridized carbons (Fsp3) is 0.737. The summed E-state index contributed by atoms with van der Waals surface area (Å²) >= 11 is 0.